The number of hydrogen-bond acceptors (Lipinski definition) is 3. The summed E-state index contributed by atoms with van der Waals surface area (Å²) in [5.74, 6) is 1.05. The number of rotatable bonds is 7. The van der Waals surface area contributed by atoms with Gasteiger partial charge in [0.05, 0.1) is 15.9 Å². The molecule has 26 heavy (non-hydrogen) atoms. The Kier molecular flexibility index (Phi) is 4.42. The number of H-pyrrole nitrogens is 2. The number of aromatic amines is 2. The molecule has 1 aromatic heterocycles. The molecule has 0 aliphatic heterocycles. The quantitative estimate of drug-likeness (QED) is 0.596. The molecule has 0 radical (unpaired) electrons. The van der Waals surface area contributed by atoms with Crippen LogP contribution in [0.5, 0.6) is 0 Å². The highest BCUT2D eigenvalue weighted by atomic mass is 32.2. The molecule has 0 bridgehead atoms. The summed E-state index contributed by atoms with van der Waals surface area (Å²) in [4.78, 5) is 16.7. The molecule has 3 N–H and O–H groups in total. The monoisotopic (exact) mass is 371 g/mol. The Balaban J connectivity index is 1.46. The Morgan fingerprint density at radius 3 is 2.50 bits per heavy atom. The zero-order chi connectivity index (χ0) is 18.1. The van der Waals surface area contributed by atoms with Gasteiger partial charge >= 0.3 is 5.69 Å². The van der Waals surface area contributed by atoms with Gasteiger partial charge < -0.3 is 9.97 Å². The number of hydrogen-bond donors (Lipinski definition) is 3. The smallest absolute Gasteiger partial charge is 0.306 e. The predicted octanol–water partition coefficient (Wildman–Crippen LogP) is 2.72. The Labute approximate surface area is 151 Å². The van der Waals surface area contributed by atoms with Gasteiger partial charge in [-0.25, -0.2) is 17.9 Å². The lowest BCUT2D eigenvalue weighted by Gasteiger charge is -2.17. The van der Waals surface area contributed by atoms with Crippen molar-refractivity contribution in [3.8, 4) is 0 Å². The van der Waals surface area contributed by atoms with Gasteiger partial charge in [0.1, 0.15) is 0 Å². The Morgan fingerprint density at radius 1 is 1.04 bits per heavy atom. The summed E-state index contributed by atoms with van der Waals surface area (Å²) in [6.07, 6.45) is 3.20. The van der Waals surface area contributed by atoms with Crippen LogP contribution in [0.4, 0.5) is 0 Å². The normalized spacial score (nSPS) is 16.0. The average Bonchev–Trinajstić information content (AvgIpc) is 3.39. The van der Waals surface area contributed by atoms with Gasteiger partial charge in [-0.1, -0.05) is 30.3 Å². The van der Waals surface area contributed by atoms with Gasteiger partial charge in [-0.2, -0.15) is 0 Å². The van der Waals surface area contributed by atoms with Gasteiger partial charge in [-0.3, -0.25) is 0 Å². The standard InChI is InChI=1S/C19H21N3O3S/c23-19-21-17-9-8-15(12-18(17)22-19)26(24,25)20-11-10-16(14-6-7-14)13-4-2-1-3-5-13/h1-5,8-9,12,14,16,20H,6-7,10-11H2,(H2,21,22,23). The number of aromatic nitrogens is 2. The van der Waals surface area contributed by atoms with Gasteiger partial charge in [-0.05, 0) is 54.9 Å². The van der Waals surface area contributed by atoms with Gasteiger partial charge in [0, 0.05) is 6.54 Å². The summed E-state index contributed by atoms with van der Waals surface area (Å²) in [6, 6.07) is 14.9. The Hall–Kier alpha value is -2.38. The molecule has 0 spiro atoms. The highest BCUT2D eigenvalue weighted by molar-refractivity contribution is 7.89. The zero-order valence-electron chi connectivity index (χ0n) is 14.2. The molecular weight excluding hydrogens is 350 g/mol. The van der Waals surface area contributed by atoms with Crippen LogP contribution in [0.1, 0.15) is 30.7 Å². The van der Waals surface area contributed by atoms with Crippen LogP contribution in [-0.2, 0) is 10.0 Å². The van der Waals surface area contributed by atoms with Crippen LogP contribution in [-0.4, -0.2) is 24.9 Å². The third-order valence-electron chi connectivity index (χ3n) is 4.96. The third-order valence-corrected chi connectivity index (χ3v) is 6.42. The van der Waals surface area contributed by atoms with Crippen LogP contribution in [0.15, 0.2) is 58.2 Å². The first kappa shape index (κ1) is 17.1. The van der Waals surface area contributed by atoms with Crippen LogP contribution in [0.25, 0.3) is 11.0 Å². The number of benzene rings is 2. The molecule has 1 fully saturated rings. The van der Waals surface area contributed by atoms with Gasteiger partial charge in [0.2, 0.25) is 10.0 Å². The SMILES string of the molecule is O=c1[nH]c2ccc(S(=O)(=O)NCCC(c3ccccc3)C3CC3)cc2[nH]1. The van der Waals surface area contributed by atoms with Crippen LogP contribution in [0.3, 0.4) is 0 Å². The van der Waals surface area contributed by atoms with Crippen molar-refractivity contribution in [3.63, 3.8) is 0 Å². The van der Waals surface area contributed by atoms with Crippen molar-refractivity contribution in [2.24, 2.45) is 5.92 Å². The Morgan fingerprint density at radius 2 is 1.77 bits per heavy atom. The van der Waals surface area contributed by atoms with Crippen molar-refractivity contribution in [2.45, 2.75) is 30.1 Å². The van der Waals surface area contributed by atoms with Gasteiger partial charge in [0.15, 0.2) is 0 Å². The van der Waals surface area contributed by atoms with E-state index in [-0.39, 0.29) is 10.6 Å². The van der Waals surface area contributed by atoms with Crippen molar-refractivity contribution < 1.29 is 8.42 Å². The van der Waals surface area contributed by atoms with Crippen LogP contribution in [0.2, 0.25) is 0 Å². The van der Waals surface area contributed by atoms with E-state index in [1.54, 1.807) is 6.07 Å². The number of sulfonamides is 1. The Bertz CT molecular complexity index is 1070. The third kappa shape index (κ3) is 3.59. The van der Waals surface area contributed by atoms with Crippen LogP contribution < -0.4 is 10.4 Å². The summed E-state index contributed by atoms with van der Waals surface area (Å²) >= 11 is 0. The summed E-state index contributed by atoms with van der Waals surface area (Å²) < 4.78 is 27.8. The zero-order valence-corrected chi connectivity index (χ0v) is 15.1. The molecule has 0 saturated heterocycles. The number of imidazole rings is 1. The van der Waals surface area contributed by atoms with E-state index in [9.17, 15) is 13.2 Å². The molecule has 1 heterocycles. The molecule has 1 saturated carbocycles. The van der Waals surface area contributed by atoms with Crippen molar-refractivity contribution in [3.05, 3.63) is 64.6 Å². The fourth-order valence-electron chi connectivity index (χ4n) is 3.48. The lowest BCUT2D eigenvalue weighted by atomic mass is 9.91. The highest BCUT2D eigenvalue weighted by Crippen LogP contribution is 2.44. The summed E-state index contributed by atoms with van der Waals surface area (Å²) in [7, 11) is -3.61. The van der Waals surface area contributed by atoms with E-state index in [2.05, 4.69) is 26.8 Å². The minimum Gasteiger partial charge on any atom is -0.306 e. The van der Waals surface area contributed by atoms with Crippen LogP contribution in [0, 0.1) is 5.92 Å². The molecule has 1 unspecified atom stereocenters. The van der Waals surface area contributed by atoms with E-state index in [0.717, 1.165) is 6.42 Å². The van der Waals surface area contributed by atoms with Gasteiger partial charge in [0.25, 0.3) is 0 Å². The predicted molar refractivity (Wildman–Crippen MR) is 101 cm³/mol. The first-order chi connectivity index (χ1) is 12.5. The molecule has 1 aliphatic carbocycles. The largest absolute Gasteiger partial charge is 0.323 e. The van der Waals surface area contributed by atoms with Crippen molar-refractivity contribution in [1.29, 1.82) is 0 Å². The lowest BCUT2D eigenvalue weighted by molar-refractivity contribution is 0.538. The minimum atomic E-state index is -3.61. The molecule has 136 valence electrons. The lowest BCUT2D eigenvalue weighted by Crippen LogP contribution is -2.26. The molecule has 4 rings (SSSR count). The second-order valence-electron chi connectivity index (χ2n) is 6.83. The summed E-state index contributed by atoms with van der Waals surface area (Å²) in [5, 5.41) is 0. The maximum atomic E-state index is 12.6. The molecule has 2 aromatic carbocycles. The summed E-state index contributed by atoms with van der Waals surface area (Å²) in [5.41, 5.74) is 2.00. The van der Waals surface area contributed by atoms with E-state index in [1.807, 2.05) is 18.2 Å². The van der Waals surface area contributed by atoms with E-state index in [1.165, 1.54) is 30.5 Å². The van der Waals surface area contributed by atoms with E-state index in [0.29, 0.717) is 29.4 Å². The van der Waals surface area contributed by atoms with E-state index < -0.39 is 10.0 Å². The molecular formula is C19H21N3O3S. The van der Waals surface area contributed by atoms with E-state index >= 15 is 0 Å². The topological polar surface area (TPSA) is 94.8 Å². The molecule has 1 atom stereocenters. The maximum absolute atomic E-state index is 12.6. The van der Waals surface area contributed by atoms with Crippen molar-refractivity contribution in [2.75, 3.05) is 6.54 Å². The first-order valence-corrected chi connectivity index (χ1v) is 10.3. The first-order valence-electron chi connectivity index (χ1n) is 8.79. The fraction of sp³-hybridized carbons (Fsp3) is 0.316. The number of nitrogens with one attached hydrogen (secondary N) is 3. The van der Waals surface area contributed by atoms with Crippen molar-refractivity contribution in [1.82, 2.24) is 14.7 Å². The number of fused-ring (bicyclic) bond motifs is 1. The molecule has 0 amide bonds. The second-order valence-corrected chi connectivity index (χ2v) is 8.59. The van der Waals surface area contributed by atoms with Crippen molar-refractivity contribution >= 4 is 21.1 Å². The summed E-state index contributed by atoms with van der Waals surface area (Å²) in [6.45, 7) is 0.389. The minimum absolute atomic E-state index is 0.155. The molecule has 3 aromatic rings. The van der Waals surface area contributed by atoms with Crippen LogP contribution >= 0.6 is 0 Å². The molecule has 7 heteroatoms. The average molecular weight is 371 g/mol. The maximum Gasteiger partial charge on any atom is 0.323 e. The van der Waals surface area contributed by atoms with E-state index in [4.69, 9.17) is 0 Å². The molecule has 1 aliphatic rings. The molecule has 6 nitrogen and oxygen atoms in total. The second kappa shape index (κ2) is 6.74. The highest BCUT2D eigenvalue weighted by Gasteiger charge is 2.32. The van der Waals surface area contributed by atoms with Gasteiger partial charge in [-0.15, -0.1) is 0 Å². The fourth-order valence-corrected chi connectivity index (χ4v) is 4.56.